The molecule has 1 saturated heterocycles. The fraction of sp³-hybridized carbons (Fsp3) is 0.750. The summed E-state index contributed by atoms with van der Waals surface area (Å²) in [7, 11) is 2.09. The van der Waals surface area contributed by atoms with Crippen molar-refractivity contribution in [3.63, 3.8) is 0 Å². The number of carbonyl (C=O) groups is 1. The summed E-state index contributed by atoms with van der Waals surface area (Å²) in [6.07, 6.45) is 2.17. The Balaban J connectivity index is 2.22. The van der Waals surface area contributed by atoms with Gasteiger partial charge in [0.25, 0.3) is 0 Å². The number of carbonyl (C=O) groups excluding carboxylic acids is 1. The highest BCUT2D eigenvalue weighted by atomic mass is 16.2. The molecule has 0 aromatic rings. The lowest BCUT2D eigenvalue weighted by molar-refractivity contribution is -0.132. The molecule has 1 aliphatic heterocycles. The van der Waals surface area contributed by atoms with Crippen molar-refractivity contribution in [1.82, 2.24) is 9.80 Å². The maximum absolute atomic E-state index is 11.7. The molecule has 1 heterocycles. The molecule has 0 unspecified atom stereocenters. The van der Waals surface area contributed by atoms with E-state index in [1.807, 2.05) is 11.8 Å². The average molecular weight is 208 g/mol. The van der Waals surface area contributed by atoms with Gasteiger partial charge in [0.1, 0.15) is 0 Å². The van der Waals surface area contributed by atoms with Crippen molar-refractivity contribution in [1.29, 1.82) is 0 Å². The van der Waals surface area contributed by atoms with Gasteiger partial charge in [0.2, 0.25) is 5.91 Å². The van der Waals surface area contributed by atoms with Gasteiger partial charge in [-0.05, 0) is 7.05 Å². The summed E-state index contributed by atoms with van der Waals surface area (Å²) in [5.41, 5.74) is 0. The van der Waals surface area contributed by atoms with Gasteiger partial charge in [0, 0.05) is 45.4 Å². The molecule has 0 bridgehead atoms. The first-order valence-electron chi connectivity index (χ1n) is 5.66. The van der Waals surface area contributed by atoms with E-state index >= 15 is 0 Å². The summed E-state index contributed by atoms with van der Waals surface area (Å²) in [5, 5.41) is 0. The normalized spacial score (nSPS) is 17.1. The minimum atomic E-state index is 0.258. The summed E-state index contributed by atoms with van der Waals surface area (Å²) in [5.74, 6) is 6.25. The highest BCUT2D eigenvalue weighted by Crippen LogP contribution is 2.03. The molecule has 0 atom stereocenters. The van der Waals surface area contributed by atoms with Gasteiger partial charge in [-0.2, -0.15) is 0 Å². The van der Waals surface area contributed by atoms with Crippen LogP contribution in [0, 0.1) is 11.8 Å². The standard InChI is InChI=1S/C12H20N2O/c1-3-4-5-6-7-12(15)14-10-8-13(2)9-11-14/h3,6-11H2,1-2H3. The third-order valence-electron chi connectivity index (χ3n) is 2.62. The van der Waals surface area contributed by atoms with Crippen molar-refractivity contribution >= 4 is 5.91 Å². The molecule has 0 radical (unpaired) electrons. The molecule has 15 heavy (non-hydrogen) atoms. The Bertz CT molecular complexity index is 257. The van der Waals surface area contributed by atoms with Crippen LogP contribution in [0.2, 0.25) is 0 Å². The van der Waals surface area contributed by atoms with Crippen LogP contribution < -0.4 is 0 Å². The molecule has 1 amide bonds. The minimum Gasteiger partial charge on any atom is -0.340 e. The van der Waals surface area contributed by atoms with Crippen LogP contribution >= 0.6 is 0 Å². The van der Waals surface area contributed by atoms with Crippen molar-refractivity contribution in [2.24, 2.45) is 0 Å². The zero-order valence-corrected chi connectivity index (χ0v) is 9.75. The van der Waals surface area contributed by atoms with Gasteiger partial charge in [0.05, 0.1) is 0 Å². The second-order valence-electron chi connectivity index (χ2n) is 3.89. The Hall–Kier alpha value is -1.01. The second-order valence-corrected chi connectivity index (χ2v) is 3.89. The van der Waals surface area contributed by atoms with E-state index in [0.717, 1.165) is 32.6 Å². The van der Waals surface area contributed by atoms with Crippen LogP contribution in [-0.2, 0) is 4.79 Å². The number of nitrogens with zero attached hydrogens (tertiary/aromatic N) is 2. The molecule has 0 aliphatic carbocycles. The number of hydrogen-bond donors (Lipinski definition) is 0. The Labute approximate surface area is 92.4 Å². The van der Waals surface area contributed by atoms with Gasteiger partial charge in [-0.3, -0.25) is 4.79 Å². The van der Waals surface area contributed by atoms with Crippen LogP contribution in [-0.4, -0.2) is 48.9 Å². The van der Waals surface area contributed by atoms with Crippen molar-refractivity contribution in [2.45, 2.75) is 26.2 Å². The Kier molecular flexibility index (Phi) is 5.20. The van der Waals surface area contributed by atoms with Gasteiger partial charge < -0.3 is 9.80 Å². The maximum atomic E-state index is 11.7. The number of likely N-dealkylation sites (N-methyl/N-ethyl adjacent to an activating group) is 1. The van der Waals surface area contributed by atoms with E-state index in [4.69, 9.17) is 0 Å². The fourth-order valence-electron chi connectivity index (χ4n) is 1.60. The van der Waals surface area contributed by atoms with Crippen molar-refractivity contribution in [3.05, 3.63) is 0 Å². The molecule has 1 aliphatic rings. The van der Waals surface area contributed by atoms with Gasteiger partial charge in [-0.25, -0.2) is 0 Å². The SMILES string of the molecule is CCC#CCCC(=O)N1CCN(C)CC1. The van der Waals surface area contributed by atoms with E-state index in [1.54, 1.807) is 0 Å². The fourth-order valence-corrected chi connectivity index (χ4v) is 1.60. The molecule has 84 valence electrons. The number of rotatable bonds is 2. The molecule has 0 aromatic carbocycles. The maximum Gasteiger partial charge on any atom is 0.223 e. The van der Waals surface area contributed by atoms with Crippen LogP contribution in [0.1, 0.15) is 26.2 Å². The molecular formula is C12H20N2O. The van der Waals surface area contributed by atoms with Crippen LogP contribution in [0.3, 0.4) is 0 Å². The van der Waals surface area contributed by atoms with Crippen LogP contribution in [0.4, 0.5) is 0 Å². The van der Waals surface area contributed by atoms with E-state index in [0.29, 0.717) is 12.8 Å². The summed E-state index contributed by atoms with van der Waals surface area (Å²) in [4.78, 5) is 15.9. The highest BCUT2D eigenvalue weighted by Gasteiger charge is 2.17. The van der Waals surface area contributed by atoms with E-state index < -0.39 is 0 Å². The van der Waals surface area contributed by atoms with Crippen molar-refractivity contribution < 1.29 is 4.79 Å². The van der Waals surface area contributed by atoms with Crippen molar-refractivity contribution in [2.75, 3.05) is 33.2 Å². The van der Waals surface area contributed by atoms with E-state index in [2.05, 4.69) is 23.8 Å². The monoisotopic (exact) mass is 208 g/mol. The van der Waals surface area contributed by atoms with Crippen LogP contribution in [0.15, 0.2) is 0 Å². The van der Waals surface area contributed by atoms with Gasteiger partial charge in [-0.1, -0.05) is 6.92 Å². The van der Waals surface area contributed by atoms with Gasteiger partial charge in [0.15, 0.2) is 0 Å². The summed E-state index contributed by atoms with van der Waals surface area (Å²) in [6.45, 7) is 5.75. The summed E-state index contributed by atoms with van der Waals surface area (Å²) < 4.78 is 0. The average Bonchev–Trinajstić information content (AvgIpc) is 2.25. The Morgan fingerprint density at radius 2 is 1.87 bits per heavy atom. The third kappa shape index (κ3) is 4.35. The van der Waals surface area contributed by atoms with Crippen molar-refractivity contribution in [3.8, 4) is 11.8 Å². The zero-order valence-electron chi connectivity index (χ0n) is 9.75. The number of hydrogen-bond acceptors (Lipinski definition) is 2. The molecule has 1 rings (SSSR count). The lowest BCUT2D eigenvalue weighted by Crippen LogP contribution is -2.47. The van der Waals surface area contributed by atoms with E-state index in [9.17, 15) is 4.79 Å². The Morgan fingerprint density at radius 1 is 1.20 bits per heavy atom. The lowest BCUT2D eigenvalue weighted by atomic mass is 10.2. The van der Waals surface area contributed by atoms with E-state index in [-0.39, 0.29) is 5.91 Å². The number of amides is 1. The smallest absolute Gasteiger partial charge is 0.223 e. The predicted molar refractivity (Wildman–Crippen MR) is 61.4 cm³/mol. The predicted octanol–water partition coefficient (Wildman–Crippen LogP) is 0.954. The molecule has 3 heteroatoms. The largest absolute Gasteiger partial charge is 0.340 e. The first-order valence-corrected chi connectivity index (χ1v) is 5.66. The highest BCUT2D eigenvalue weighted by molar-refractivity contribution is 5.76. The minimum absolute atomic E-state index is 0.258. The Morgan fingerprint density at radius 3 is 2.47 bits per heavy atom. The second kappa shape index (κ2) is 6.47. The third-order valence-corrected chi connectivity index (χ3v) is 2.62. The molecule has 0 N–H and O–H groups in total. The molecule has 0 saturated carbocycles. The quantitative estimate of drug-likeness (QED) is 0.631. The van der Waals surface area contributed by atoms with Gasteiger partial charge >= 0.3 is 0 Å². The van der Waals surface area contributed by atoms with E-state index in [1.165, 1.54) is 0 Å². The van der Waals surface area contributed by atoms with Crippen LogP contribution in [0.25, 0.3) is 0 Å². The molecular weight excluding hydrogens is 188 g/mol. The molecule has 0 spiro atoms. The molecule has 0 aromatic heterocycles. The molecule has 3 nitrogen and oxygen atoms in total. The lowest BCUT2D eigenvalue weighted by Gasteiger charge is -2.32. The van der Waals surface area contributed by atoms with Crippen LogP contribution in [0.5, 0.6) is 0 Å². The summed E-state index contributed by atoms with van der Waals surface area (Å²) in [6, 6.07) is 0. The molecule has 1 fully saturated rings. The topological polar surface area (TPSA) is 23.6 Å². The first-order chi connectivity index (χ1) is 7.24. The number of piperazine rings is 1. The summed E-state index contributed by atoms with van der Waals surface area (Å²) >= 11 is 0. The van der Waals surface area contributed by atoms with Gasteiger partial charge in [-0.15, -0.1) is 11.8 Å². The first kappa shape index (κ1) is 12.1. The zero-order chi connectivity index (χ0) is 11.1.